The molecule has 1 aliphatic heterocycles. The van der Waals surface area contributed by atoms with Crippen LogP contribution in [0.15, 0.2) is 0 Å². The third-order valence-electron chi connectivity index (χ3n) is 2.82. The molecule has 0 aromatic heterocycles. The zero-order chi connectivity index (χ0) is 10.6. The molecule has 2 unspecified atom stereocenters. The molecule has 3 heteroatoms. The second kappa shape index (κ2) is 5.10. The summed E-state index contributed by atoms with van der Waals surface area (Å²) in [4.78, 5) is 0. The Labute approximate surface area is 86.9 Å². The van der Waals surface area contributed by atoms with Crippen molar-refractivity contribution in [2.45, 2.75) is 57.8 Å². The topological polar surface area (TPSA) is 44.5 Å². The Morgan fingerprint density at radius 3 is 2.79 bits per heavy atom. The maximum atomic E-state index is 5.96. The molecule has 2 atom stereocenters. The molecule has 0 spiro atoms. The van der Waals surface area contributed by atoms with Crippen LogP contribution >= 0.6 is 0 Å². The third-order valence-corrected chi connectivity index (χ3v) is 2.82. The van der Waals surface area contributed by atoms with E-state index in [4.69, 9.17) is 15.2 Å². The van der Waals surface area contributed by atoms with Gasteiger partial charge in [-0.15, -0.1) is 0 Å². The number of rotatable bonds is 4. The van der Waals surface area contributed by atoms with Crippen LogP contribution in [0.1, 0.15) is 40.0 Å². The Morgan fingerprint density at radius 2 is 2.29 bits per heavy atom. The van der Waals surface area contributed by atoms with E-state index in [0.717, 1.165) is 25.9 Å². The van der Waals surface area contributed by atoms with E-state index in [0.29, 0.717) is 12.6 Å². The highest BCUT2D eigenvalue weighted by Gasteiger charge is 2.36. The van der Waals surface area contributed by atoms with E-state index in [1.54, 1.807) is 0 Å². The number of ether oxygens (including phenoxy) is 2. The summed E-state index contributed by atoms with van der Waals surface area (Å²) >= 11 is 0. The van der Waals surface area contributed by atoms with Gasteiger partial charge in [-0.1, -0.05) is 6.92 Å². The quantitative estimate of drug-likeness (QED) is 0.753. The van der Waals surface area contributed by atoms with Gasteiger partial charge in [0, 0.05) is 26.0 Å². The van der Waals surface area contributed by atoms with E-state index in [-0.39, 0.29) is 11.7 Å². The van der Waals surface area contributed by atoms with Crippen LogP contribution in [0.25, 0.3) is 0 Å². The van der Waals surface area contributed by atoms with Crippen molar-refractivity contribution in [2.75, 3.05) is 13.2 Å². The average molecular weight is 201 g/mol. The molecule has 0 aliphatic carbocycles. The predicted octanol–water partition coefficient (Wildman–Crippen LogP) is 1.70. The van der Waals surface area contributed by atoms with Gasteiger partial charge in [0.1, 0.15) is 0 Å². The van der Waals surface area contributed by atoms with Crippen LogP contribution in [-0.4, -0.2) is 31.0 Å². The SMILES string of the molecule is CCC1CC(CN)(OC(C)C)CCO1. The summed E-state index contributed by atoms with van der Waals surface area (Å²) in [5, 5.41) is 0. The minimum atomic E-state index is -0.132. The van der Waals surface area contributed by atoms with Crippen LogP contribution in [-0.2, 0) is 9.47 Å². The highest BCUT2D eigenvalue weighted by molar-refractivity contribution is 4.88. The van der Waals surface area contributed by atoms with Crippen molar-refractivity contribution in [3.8, 4) is 0 Å². The molecule has 1 rings (SSSR count). The number of nitrogens with two attached hydrogens (primary N) is 1. The second-order valence-electron chi connectivity index (χ2n) is 4.41. The summed E-state index contributed by atoms with van der Waals surface area (Å²) in [5.41, 5.74) is 5.69. The number of hydrogen-bond donors (Lipinski definition) is 1. The fourth-order valence-corrected chi connectivity index (χ4v) is 2.09. The highest BCUT2D eigenvalue weighted by Crippen LogP contribution is 2.30. The van der Waals surface area contributed by atoms with E-state index in [9.17, 15) is 0 Å². The van der Waals surface area contributed by atoms with Crippen molar-refractivity contribution in [2.24, 2.45) is 5.73 Å². The molecule has 3 nitrogen and oxygen atoms in total. The van der Waals surface area contributed by atoms with Crippen molar-refractivity contribution >= 4 is 0 Å². The molecule has 1 saturated heterocycles. The van der Waals surface area contributed by atoms with Crippen molar-refractivity contribution in [1.82, 2.24) is 0 Å². The lowest BCUT2D eigenvalue weighted by molar-refractivity contribution is -0.152. The lowest BCUT2D eigenvalue weighted by Gasteiger charge is -2.41. The summed E-state index contributed by atoms with van der Waals surface area (Å²) in [6.45, 7) is 7.65. The average Bonchev–Trinajstić information content (AvgIpc) is 2.17. The molecular formula is C11H23NO2. The van der Waals surface area contributed by atoms with Gasteiger partial charge >= 0.3 is 0 Å². The largest absolute Gasteiger partial charge is 0.378 e. The van der Waals surface area contributed by atoms with Gasteiger partial charge in [-0.2, -0.15) is 0 Å². The maximum Gasteiger partial charge on any atom is 0.0854 e. The van der Waals surface area contributed by atoms with Gasteiger partial charge < -0.3 is 15.2 Å². The van der Waals surface area contributed by atoms with Gasteiger partial charge in [-0.3, -0.25) is 0 Å². The zero-order valence-electron chi connectivity index (χ0n) is 9.58. The van der Waals surface area contributed by atoms with Crippen LogP contribution in [0.4, 0.5) is 0 Å². The Balaban J connectivity index is 2.58. The molecule has 0 aromatic rings. The smallest absolute Gasteiger partial charge is 0.0854 e. The Hall–Kier alpha value is -0.120. The second-order valence-corrected chi connectivity index (χ2v) is 4.41. The summed E-state index contributed by atoms with van der Waals surface area (Å²) in [6, 6.07) is 0. The molecule has 0 saturated carbocycles. The monoisotopic (exact) mass is 201 g/mol. The molecule has 84 valence electrons. The van der Waals surface area contributed by atoms with Crippen LogP contribution in [0.2, 0.25) is 0 Å². The minimum absolute atomic E-state index is 0.132. The van der Waals surface area contributed by atoms with Gasteiger partial charge in [0.05, 0.1) is 17.8 Å². The normalized spacial score (nSPS) is 33.6. The van der Waals surface area contributed by atoms with Crippen molar-refractivity contribution in [3.05, 3.63) is 0 Å². The van der Waals surface area contributed by atoms with Crippen molar-refractivity contribution < 1.29 is 9.47 Å². The minimum Gasteiger partial charge on any atom is -0.378 e. The van der Waals surface area contributed by atoms with E-state index in [1.807, 2.05) is 0 Å². The molecule has 14 heavy (non-hydrogen) atoms. The molecular weight excluding hydrogens is 178 g/mol. The zero-order valence-corrected chi connectivity index (χ0v) is 9.58. The lowest BCUT2D eigenvalue weighted by Crippen LogP contribution is -2.49. The molecule has 0 aromatic carbocycles. The molecule has 1 fully saturated rings. The third kappa shape index (κ3) is 2.94. The summed E-state index contributed by atoms with van der Waals surface area (Å²) in [5.74, 6) is 0. The van der Waals surface area contributed by atoms with Gasteiger partial charge in [0.25, 0.3) is 0 Å². The fraction of sp³-hybridized carbons (Fsp3) is 1.00. The molecule has 1 heterocycles. The first-order valence-corrected chi connectivity index (χ1v) is 5.61. The van der Waals surface area contributed by atoms with Gasteiger partial charge in [0.2, 0.25) is 0 Å². The van der Waals surface area contributed by atoms with Gasteiger partial charge in [0.15, 0.2) is 0 Å². The Kier molecular flexibility index (Phi) is 4.35. The number of hydrogen-bond acceptors (Lipinski definition) is 3. The first-order valence-electron chi connectivity index (χ1n) is 5.61. The highest BCUT2D eigenvalue weighted by atomic mass is 16.5. The molecule has 1 aliphatic rings. The van der Waals surface area contributed by atoms with E-state index < -0.39 is 0 Å². The van der Waals surface area contributed by atoms with Gasteiger partial charge in [-0.25, -0.2) is 0 Å². The van der Waals surface area contributed by atoms with Crippen LogP contribution in [0, 0.1) is 0 Å². The summed E-state index contributed by atoms with van der Waals surface area (Å²) < 4.78 is 11.6. The Bertz CT molecular complexity index is 173. The molecule has 0 radical (unpaired) electrons. The Morgan fingerprint density at radius 1 is 1.57 bits per heavy atom. The maximum absolute atomic E-state index is 5.96. The van der Waals surface area contributed by atoms with Gasteiger partial charge in [-0.05, 0) is 20.3 Å². The first-order chi connectivity index (χ1) is 6.62. The predicted molar refractivity (Wildman–Crippen MR) is 57.3 cm³/mol. The van der Waals surface area contributed by atoms with E-state index in [2.05, 4.69) is 20.8 Å². The lowest BCUT2D eigenvalue weighted by atomic mass is 9.89. The van der Waals surface area contributed by atoms with Crippen molar-refractivity contribution in [1.29, 1.82) is 0 Å². The van der Waals surface area contributed by atoms with E-state index in [1.165, 1.54) is 0 Å². The molecule has 0 amide bonds. The first kappa shape index (κ1) is 12.0. The summed E-state index contributed by atoms with van der Waals surface area (Å²) in [6.07, 6.45) is 3.49. The molecule has 2 N–H and O–H groups in total. The standard InChI is InChI=1S/C11H23NO2/c1-4-10-7-11(8-12,5-6-13-10)14-9(2)3/h9-10H,4-8,12H2,1-3H3. The summed E-state index contributed by atoms with van der Waals surface area (Å²) in [7, 11) is 0. The van der Waals surface area contributed by atoms with Crippen molar-refractivity contribution in [3.63, 3.8) is 0 Å². The van der Waals surface area contributed by atoms with Crippen LogP contribution in [0.5, 0.6) is 0 Å². The van der Waals surface area contributed by atoms with E-state index >= 15 is 0 Å². The van der Waals surface area contributed by atoms with Crippen LogP contribution < -0.4 is 5.73 Å². The molecule has 0 bridgehead atoms. The van der Waals surface area contributed by atoms with Crippen LogP contribution in [0.3, 0.4) is 0 Å². The fourth-order valence-electron chi connectivity index (χ4n) is 2.09.